The van der Waals surface area contributed by atoms with E-state index in [0.29, 0.717) is 5.71 Å². The fourth-order valence-electron chi connectivity index (χ4n) is 4.37. The Hall–Kier alpha value is -3.01. The van der Waals surface area contributed by atoms with Gasteiger partial charge in [0.2, 0.25) is 5.71 Å². The van der Waals surface area contributed by atoms with Crippen molar-refractivity contribution in [1.29, 1.82) is 0 Å². The molecule has 27 heavy (non-hydrogen) atoms. The largest absolute Gasteiger partial charge is 0.435 e. The van der Waals surface area contributed by atoms with Crippen LogP contribution < -0.4 is 9.80 Å². The van der Waals surface area contributed by atoms with Crippen molar-refractivity contribution in [3.8, 4) is 0 Å². The number of fused-ring (bicyclic) bond motifs is 4. The van der Waals surface area contributed by atoms with Crippen LogP contribution in [0.1, 0.15) is 27.7 Å². The Morgan fingerprint density at radius 2 is 1.81 bits per heavy atom. The molecule has 5 rings (SSSR count). The summed E-state index contributed by atoms with van der Waals surface area (Å²) >= 11 is 0. The molecule has 1 aliphatic rings. The van der Waals surface area contributed by atoms with Crippen LogP contribution in [0.2, 0.25) is 0 Å². The number of furan rings is 1. The van der Waals surface area contributed by atoms with Crippen LogP contribution in [0.4, 0.5) is 17.1 Å². The van der Waals surface area contributed by atoms with E-state index < -0.39 is 6.02 Å². The van der Waals surface area contributed by atoms with Crippen molar-refractivity contribution >= 4 is 39.1 Å². The van der Waals surface area contributed by atoms with Crippen LogP contribution >= 0.6 is 0 Å². The molecular formula is C23H23N3O. The highest BCUT2D eigenvalue weighted by atomic mass is 16.3. The van der Waals surface area contributed by atoms with Crippen molar-refractivity contribution in [2.24, 2.45) is 0 Å². The summed E-state index contributed by atoms with van der Waals surface area (Å²) in [7, 11) is 0. The number of rotatable bonds is 2. The monoisotopic (exact) mass is 358 g/mol. The van der Waals surface area contributed by atoms with E-state index >= 15 is 0 Å². The second kappa shape index (κ2) is 5.74. The number of aryl methyl sites for hydroxylation is 1. The average molecular weight is 358 g/mol. The smallest absolute Gasteiger partial charge is 0.227 e. The minimum atomic E-state index is -0.749. The van der Waals surface area contributed by atoms with E-state index in [4.69, 9.17) is 5.79 Å². The lowest BCUT2D eigenvalue weighted by atomic mass is 10.1. The van der Waals surface area contributed by atoms with Crippen LogP contribution in [0.15, 0.2) is 59.1 Å². The van der Waals surface area contributed by atoms with Crippen LogP contribution in [0.3, 0.4) is 0 Å². The van der Waals surface area contributed by atoms with E-state index in [1.165, 1.54) is 0 Å². The molecule has 0 N–H and O–H groups in total. The molecule has 0 spiro atoms. The lowest BCUT2D eigenvalue weighted by Gasteiger charge is -2.33. The molecule has 0 saturated carbocycles. The zero-order valence-corrected chi connectivity index (χ0v) is 16.0. The maximum absolute atomic E-state index is 8.71. The van der Waals surface area contributed by atoms with E-state index in [-0.39, 0.29) is 6.17 Å². The summed E-state index contributed by atoms with van der Waals surface area (Å²) in [5, 5.41) is 2.09. The molecule has 4 aromatic rings. The third-order valence-corrected chi connectivity index (χ3v) is 5.46. The fourth-order valence-corrected chi connectivity index (χ4v) is 4.37. The Kier molecular flexibility index (Phi) is 3.21. The number of aromatic nitrogens is 1. The molecule has 0 radical (unpaired) electrons. The molecule has 4 nitrogen and oxygen atoms in total. The maximum Gasteiger partial charge on any atom is 0.227 e. The fraction of sp³-hybridized carbons (Fsp3) is 0.261. The van der Waals surface area contributed by atoms with Gasteiger partial charge in [-0.05, 0) is 57.5 Å². The molecule has 4 heteroatoms. The van der Waals surface area contributed by atoms with Crippen molar-refractivity contribution < 1.29 is 5.79 Å². The first kappa shape index (κ1) is 15.1. The molecule has 0 bridgehead atoms. The molecular weight excluding hydrogens is 334 g/mol. The highest BCUT2D eigenvalue weighted by Gasteiger charge is 2.37. The van der Waals surface area contributed by atoms with Gasteiger partial charge in [0.25, 0.3) is 0 Å². The van der Waals surface area contributed by atoms with Gasteiger partial charge in [-0.1, -0.05) is 24.3 Å². The lowest BCUT2D eigenvalue weighted by Crippen LogP contribution is -2.42. The third kappa shape index (κ3) is 2.19. The van der Waals surface area contributed by atoms with Crippen molar-refractivity contribution in [2.75, 3.05) is 9.80 Å². The molecule has 1 aliphatic heterocycles. The summed E-state index contributed by atoms with van der Waals surface area (Å²) < 4.78 is 15.0. The van der Waals surface area contributed by atoms with Crippen molar-refractivity contribution in [3.63, 3.8) is 0 Å². The number of nitrogens with zero attached hydrogens (tertiary/aromatic N) is 3. The number of hydrogen-bond donors (Lipinski definition) is 0. The predicted molar refractivity (Wildman–Crippen MR) is 112 cm³/mol. The van der Waals surface area contributed by atoms with Gasteiger partial charge < -0.3 is 14.2 Å². The molecule has 0 saturated heterocycles. The molecule has 0 fully saturated rings. The Morgan fingerprint density at radius 3 is 2.59 bits per heavy atom. The summed E-state index contributed by atoms with van der Waals surface area (Å²) in [6.45, 7) is 8.12. The Labute approximate surface area is 160 Å². The number of benzene rings is 2. The summed E-state index contributed by atoms with van der Waals surface area (Å²) in [6, 6.07) is 15.8. The van der Waals surface area contributed by atoms with Gasteiger partial charge in [-0.25, -0.2) is 4.98 Å². The summed E-state index contributed by atoms with van der Waals surface area (Å²) in [4.78, 5) is 8.86. The zero-order chi connectivity index (χ0) is 19.6. The second-order valence-corrected chi connectivity index (χ2v) is 7.37. The van der Waals surface area contributed by atoms with Gasteiger partial charge in [-0.15, -0.1) is 0 Å². The zero-order valence-electron chi connectivity index (χ0n) is 17.0. The molecule has 2 aromatic carbocycles. The number of pyridine rings is 1. The first-order valence-electron chi connectivity index (χ1n) is 9.82. The van der Waals surface area contributed by atoms with Gasteiger partial charge in [0.1, 0.15) is 6.17 Å². The van der Waals surface area contributed by atoms with E-state index in [1.54, 1.807) is 6.20 Å². The van der Waals surface area contributed by atoms with Crippen molar-refractivity contribution in [3.05, 3.63) is 60.3 Å². The number of hydrogen-bond acceptors (Lipinski definition) is 4. The molecule has 2 aromatic heterocycles. The SMILES string of the molecule is [2H]C(C)(C)N1c2ccccc2N(c2c(C)ccc3c2oc2ncccc23)C1C. The van der Waals surface area contributed by atoms with E-state index in [1.807, 2.05) is 32.0 Å². The van der Waals surface area contributed by atoms with Crippen LogP contribution in [0.25, 0.3) is 22.1 Å². The van der Waals surface area contributed by atoms with E-state index in [2.05, 4.69) is 59.0 Å². The Balaban J connectivity index is 1.82. The Morgan fingerprint density at radius 1 is 1.04 bits per heavy atom. The highest BCUT2D eigenvalue weighted by Crippen LogP contribution is 2.48. The molecule has 136 valence electrons. The van der Waals surface area contributed by atoms with Gasteiger partial charge in [-0.3, -0.25) is 0 Å². The maximum atomic E-state index is 8.71. The number of para-hydroxylation sites is 2. The third-order valence-electron chi connectivity index (χ3n) is 5.46. The van der Waals surface area contributed by atoms with E-state index in [0.717, 1.165) is 39.0 Å². The summed E-state index contributed by atoms with van der Waals surface area (Å²) in [5.74, 6) is 0. The quantitative estimate of drug-likeness (QED) is 0.440. The molecule has 1 unspecified atom stereocenters. The van der Waals surface area contributed by atoms with Gasteiger partial charge in [0, 0.05) is 23.0 Å². The van der Waals surface area contributed by atoms with Crippen LogP contribution in [0, 0.1) is 6.92 Å². The first-order valence-corrected chi connectivity index (χ1v) is 9.32. The normalized spacial score (nSPS) is 17.6. The van der Waals surface area contributed by atoms with Gasteiger partial charge in [0.15, 0.2) is 5.58 Å². The van der Waals surface area contributed by atoms with Crippen LogP contribution in [0.5, 0.6) is 0 Å². The van der Waals surface area contributed by atoms with Gasteiger partial charge in [0.05, 0.1) is 18.4 Å². The predicted octanol–water partition coefficient (Wildman–Crippen LogP) is 6.00. The average Bonchev–Trinajstić information content (AvgIpc) is 3.16. The molecule has 0 amide bonds. The second-order valence-electron chi connectivity index (χ2n) is 7.37. The van der Waals surface area contributed by atoms with Gasteiger partial charge >= 0.3 is 0 Å². The standard InChI is InChI=1S/C23H23N3O/c1-14(2)25-16(4)26(20-10-6-5-9-19(20)25)21-15(3)11-12-17-18-8-7-13-24-23(18)27-22(17)21/h5-14,16H,1-4H3/i14D. The van der Waals surface area contributed by atoms with Crippen molar-refractivity contribution in [1.82, 2.24) is 4.98 Å². The lowest BCUT2D eigenvalue weighted by molar-refractivity contribution is 0.602. The topological polar surface area (TPSA) is 32.5 Å². The highest BCUT2D eigenvalue weighted by molar-refractivity contribution is 6.09. The van der Waals surface area contributed by atoms with Gasteiger partial charge in [-0.2, -0.15) is 0 Å². The van der Waals surface area contributed by atoms with E-state index in [9.17, 15) is 0 Å². The van der Waals surface area contributed by atoms with Crippen LogP contribution in [-0.4, -0.2) is 17.2 Å². The summed E-state index contributed by atoms with van der Waals surface area (Å²) in [6.07, 6.45) is 1.74. The minimum absolute atomic E-state index is 0.0182. The Bertz CT molecular complexity index is 1210. The molecule has 1 atom stereocenters. The minimum Gasteiger partial charge on any atom is -0.435 e. The van der Waals surface area contributed by atoms with Crippen molar-refractivity contribution in [2.45, 2.75) is 39.9 Å². The summed E-state index contributed by atoms with van der Waals surface area (Å²) in [5.41, 5.74) is 5.85. The first-order chi connectivity index (χ1) is 13.4. The molecule has 3 heterocycles. The molecule has 0 aliphatic carbocycles. The van der Waals surface area contributed by atoms with Crippen LogP contribution in [-0.2, 0) is 0 Å². The number of anilines is 3.